The molecular formula is C17H27ClN2O3. The topological polar surface area (TPSA) is 73.6 Å². The van der Waals surface area contributed by atoms with Crippen LogP contribution in [0.15, 0.2) is 30.3 Å². The number of hydrogen-bond acceptors (Lipinski definition) is 4. The highest BCUT2D eigenvalue weighted by Crippen LogP contribution is 2.12. The highest BCUT2D eigenvalue weighted by molar-refractivity contribution is 5.85. The highest BCUT2D eigenvalue weighted by atomic mass is 35.5. The van der Waals surface area contributed by atoms with Crippen molar-refractivity contribution in [1.29, 1.82) is 0 Å². The smallest absolute Gasteiger partial charge is 0.237 e. The molecule has 1 aliphatic heterocycles. The molecule has 3 N–H and O–H groups in total. The fourth-order valence-electron chi connectivity index (χ4n) is 2.44. The second kappa shape index (κ2) is 11.4. The number of benzene rings is 1. The molecule has 1 fully saturated rings. The number of hydrogen-bond donors (Lipinski definition) is 2. The lowest BCUT2D eigenvalue weighted by atomic mass is 10.1. The summed E-state index contributed by atoms with van der Waals surface area (Å²) < 4.78 is 10.9. The van der Waals surface area contributed by atoms with E-state index in [0.29, 0.717) is 25.5 Å². The van der Waals surface area contributed by atoms with Gasteiger partial charge in [0.1, 0.15) is 0 Å². The van der Waals surface area contributed by atoms with Gasteiger partial charge in [0.05, 0.1) is 19.3 Å². The van der Waals surface area contributed by atoms with Crippen LogP contribution < -0.4 is 11.1 Å². The summed E-state index contributed by atoms with van der Waals surface area (Å²) in [5.41, 5.74) is 6.99. The van der Waals surface area contributed by atoms with Gasteiger partial charge in [-0.3, -0.25) is 4.79 Å². The number of amides is 1. The van der Waals surface area contributed by atoms with Crippen molar-refractivity contribution in [2.75, 3.05) is 33.0 Å². The summed E-state index contributed by atoms with van der Waals surface area (Å²) in [7, 11) is 0. The fourth-order valence-corrected chi connectivity index (χ4v) is 2.44. The van der Waals surface area contributed by atoms with Gasteiger partial charge in [0, 0.05) is 25.7 Å². The van der Waals surface area contributed by atoms with Crippen LogP contribution in [0.2, 0.25) is 0 Å². The minimum atomic E-state index is -0.501. The summed E-state index contributed by atoms with van der Waals surface area (Å²) in [6, 6.07) is 9.31. The maximum atomic E-state index is 11.9. The van der Waals surface area contributed by atoms with E-state index in [2.05, 4.69) is 5.32 Å². The SMILES string of the molecule is Cl.N[C@@H](Cc1ccccc1)C(=O)NCCCOCC1CCOC1. The predicted molar refractivity (Wildman–Crippen MR) is 92.7 cm³/mol. The number of nitrogens with two attached hydrogens (primary N) is 1. The van der Waals surface area contributed by atoms with E-state index in [0.717, 1.165) is 38.2 Å². The molecular weight excluding hydrogens is 316 g/mol. The molecule has 0 spiro atoms. The highest BCUT2D eigenvalue weighted by Gasteiger charge is 2.15. The van der Waals surface area contributed by atoms with Crippen LogP contribution in [-0.4, -0.2) is 44.9 Å². The molecule has 1 aromatic carbocycles. The van der Waals surface area contributed by atoms with Crippen LogP contribution in [0.4, 0.5) is 0 Å². The average Bonchev–Trinajstić information content (AvgIpc) is 3.04. The number of ether oxygens (including phenoxy) is 2. The number of carbonyl (C=O) groups is 1. The molecule has 23 heavy (non-hydrogen) atoms. The molecule has 130 valence electrons. The molecule has 0 aromatic heterocycles. The second-order valence-electron chi connectivity index (χ2n) is 5.75. The van der Waals surface area contributed by atoms with Crippen molar-refractivity contribution in [2.45, 2.75) is 25.3 Å². The maximum absolute atomic E-state index is 11.9. The third kappa shape index (κ3) is 7.79. The Kier molecular flexibility index (Phi) is 9.87. The molecule has 1 amide bonds. The molecule has 2 atom stereocenters. The summed E-state index contributed by atoms with van der Waals surface area (Å²) in [6.45, 7) is 3.67. The van der Waals surface area contributed by atoms with Gasteiger partial charge in [-0.15, -0.1) is 12.4 Å². The molecule has 1 unspecified atom stereocenters. The van der Waals surface area contributed by atoms with E-state index < -0.39 is 6.04 Å². The standard InChI is InChI=1S/C17H26N2O3.ClH/c18-16(11-14-5-2-1-3-6-14)17(20)19-8-4-9-21-12-15-7-10-22-13-15;/h1-3,5-6,15-16H,4,7-13,18H2,(H,19,20);1H/t15?,16-;/m0./s1. The van der Waals surface area contributed by atoms with Crippen LogP contribution in [0, 0.1) is 5.92 Å². The normalized spacial score (nSPS) is 18.2. The van der Waals surface area contributed by atoms with Crippen LogP contribution >= 0.6 is 12.4 Å². The zero-order chi connectivity index (χ0) is 15.6. The van der Waals surface area contributed by atoms with E-state index >= 15 is 0 Å². The van der Waals surface area contributed by atoms with E-state index in [4.69, 9.17) is 15.2 Å². The van der Waals surface area contributed by atoms with Gasteiger partial charge in [-0.25, -0.2) is 0 Å². The molecule has 0 aliphatic carbocycles. The van der Waals surface area contributed by atoms with Crippen molar-refractivity contribution in [3.8, 4) is 0 Å². The lowest BCUT2D eigenvalue weighted by molar-refractivity contribution is -0.122. The van der Waals surface area contributed by atoms with Crippen LogP contribution in [0.1, 0.15) is 18.4 Å². The van der Waals surface area contributed by atoms with Crippen molar-refractivity contribution < 1.29 is 14.3 Å². The van der Waals surface area contributed by atoms with Crippen molar-refractivity contribution in [3.63, 3.8) is 0 Å². The first-order valence-electron chi connectivity index (χ1n) is 7.98. The van der Waals surface area contributed by atoms with Gasteiger partial charge in [0.2, 0.25) is 5.91 Å². The Morgan fingerprint density at radius 1 is 1.39 bits per heavy atom. The van der Waals surface area contributed by atoms with Crippen molar-refractivity contribution in [3.05, 3.63) is 35.9 Å². The molecule has 0 saturated carbocycles. The van der Waals surface area contributed by atoms with Gasteiger partial charge < -0.3 is 20.5 Å². The van der Waals surface area contributed by atoms with E-state index in [1.807, 2.05) is 30.3 Å². The second-order valence-corrected chi connectivity index (χ2v) is 5.75. The third-order valence-corrected chi connectivity index (χ3v) is 3.78. The summed E-state index contributed by atoms with van der Waals surface area (Å²) in [5, 5.41) is 2.86. The van der Waals surface area contributed by atoms with E-state index in [1.54, 1.807) is 0 Å². The van der Waals surface area contributed by atoms with E-state index in [-0.39, 0.29) is 18.3 Å². The Labute approximate surface area is 144 Å². The van der Waals surface area contributed by atoms with Crippen LogP contribution in [0.25, 0.3) is 0 Å². The molecule has 5 nitrogen and oxygen atoms in total. The van der Waals surface area contributed by atoms with Crippen LogP contribution in [0.5, 0.6) is 0 Å². The number of halogens is 1. The molecule has 2 rings (SSSR count). The Balaban J connectivity index is 0.00000264. The Morgan fingerprint density at radius 2 is 2.17 bits per heavy atom. The van der Waals surface area contributed by atoms with Gasteiger partial charge in [0.25, 0.3) is 0 Å². The van der Waals surface area contributed by atoms with Gasteiger partial charge in [-0.2, -0.15) is 0 Å². The molecule has 0 bridgehead atoms. The maximum Gasteiger partial charge on any atom is 0.237 e. The molecule has 1 aliphatic rings. The molecule has 1 saturated heterocycles. The Morgan fingerprint density at radius 3 is 2.87 bits per heavy atom. The molecule has 1 aromatic rings. The van der Waals surface area contributed by atoms with Crippen LogP contribution in [-0.2, 0) is 20.7 Å². The molecule has 1 heterocycles. The molecule has 0 radical (unpaired) electrons. The van der Waals surface area contributed by atoms with Gasteiger partial charge in [0.15, 0.2) is 0 Å². The van der Waals surface area contributed by atoms with Gasteiger partial charge in [-0.1, -0.05) is 30.3 Å². The lowest BCUT2D eigenvalue weighted by Gasteiger charge is -2.13. The quantitative estimate of drug-likeness (QED) is 0.668. The first-order chi connectivity index (χ1) is 10.8. The zero-order valence-corrected chi connectivity index (χ0v) is 14.2. The summed E-state index contributed by atoms with van der Waals surface area (Å²) in [4.78, 5) is 11.9. The fraction of sp³-hybridized carbons (Fsp3) is 0.588. The Hall–Kier alpha value is -1.14. The summed E-state index contributed by atoms with van der Waals surface area (Å²) in [6.07, 6.45) is 2.45. The average molecular weight is 343 g/mol. The lowest BCUT2D eigenvalue weighted by Crippen LogP contribution is -2.42. The van der Waals surface area contributed by atoms with Crippen LogP contribution in [0.3, 0.4) is 0 Å². The Bertz CT molecular complexity index is 439. The summed E-state index contributed by atoms with van der Waals surface area (Å²) >= 11 is 0. The zero-order valence-electron chi connectivity index (χ0n) is 13.4. The first-order valence-corrected chi connectivity index (χ1v) is 7.98. The first kappa shape index (κ1) is 19.9. The summed E-state index contributed by atoms with van der Waals surface area (Å²) in [5.74, 6) is 0.432. The van der Waals surface area contributed by atoms with Crippen molar-refractivity contribution in [2.24, 2.45) is 11.7 Å². The predicted octanol–water partition coefficient (Wildman–Crippen LogP) is 1.54. The third-order valence-electron chi connectivity index (χ3n) is 3.78. The van der Waals surface area contributed by atoms with E-state index in [1.165, 1.54) is 0 Å². The van der Waals surface area contributed by atoms with Gasteiger partial charge in [-0.05, 0) is 24.8 Å². The molecule has 6 heteroatoms. The number of rotatable bonds is 9. The minimum absolute atomic E-state index is 0. The van der Waals surface area contributed by atoms with Crippen molar-refractivity contribution >= 4 is 18.3 Å². The largest absolute Gasteiger partial charge is 0.381 e. The van der Waals surface area contributed by atoms with Crippen molar-refractivity contribution in [1.82, 2.24) is 5.32 Å². The number of carbonyl (C=O) groups excluding carboxylic acids is 1. The minimum Gasteiger partial charge on any atom is -0.381 e. The van der Waals surface area contributed by atoms with E-state index in [9.17, 15) is 4.79 Å². The monoisotopic (exact) mass is 342 g/mol. The number of nitrogens with one attached hydrogen (secondary N) is 1. The van der Waals surface area contributed by atoms with Gasteiger partial charge >= 0.3 is 0 Å².